The number of benzene rings is 1. The lowest BCUT2D eigenvalue weighted by Crippen LogP contribution is -2.18. The molecule has 0 atom stereocenters. The molecule has 1 aromatic carbocycles. The van der Waals surface area contributed by atoms with E-state index < -0.39 is 11.6 Å². The maximum Gasteiger partial charge on any atom is 0.180 e. The fourth-order valence-corrected chi connectivity index (χ4v) is 1.15. The van der Waals surface area contributed by atoms with Gasteiger partial charge in [-0.05, 0) is 25.6 Å². The lowest BCUT2D eigenvalue weighted by molar-refractivity contribution is 0.0990. The Kier molecular flexibility index (Phi) is 3.19. The molecule has 0 heterocycles. The first kappa shape index (κ1) is 10.7. The SMILES string of the molecule is CNCC(=O)c1ccc(C)c(F)c1O. The Morgan fingerprint density at radius 2 is 2.21 bits per heavy atom. The van der Waals surface area contributed by atoms with Gasteiger partial charge in [-0.1, -0.05) is 6.07 Å². The van der Waals surface area contributed by atoms with Gasteiger partial charge in [-0.2, -0.15) is 0 Å². The van der Waals surface area contributed by atoms with Crippen molar-refractivity contribution in [2.24, 2.45) is 0 Å². The number of rotatable bonds is 3. The van der Waals surface area contributed by atoms with Crippen LogP contribution in [0.3, 0.4) is 0 Å². The summed E-state index contributed by atoms with van der Waals surface area (Å²) in [6.45, 7) is 1.61. The fourth-order valence-electron chi connectivity index (χ4n) is 1.15. The number of aryl methyl sites for hydroxylation is 1. The highest BCUT2D eigenvalue weighted by Gasteiger charge is 2.15. The van der Waals surface area contributed by atoms with Gasteiger partial charge in [0.05, 0.1) is 12.1 Å². The number of likely N-dealkylation sites (N-methyl/N-ethyl adjacent to an activating group) is 1. The van der Waals surface area contributed by atoms with Crippen molar-refractivity contribution in [3.05, 3.63) is 29.1 Å². The molecule has 0 spiro atoms. The number of carbonyl (C=O) groups excluding carboxylic acids is 1. The highest BCUT2D eigenvalue weighted by Crippen LogP contribution is 2.23. The summed E-state index contributed by atoms with van der Waals surface area (Å²) in [6.07, 6.45) is 0. The van der Waals surface area contributed by atoms with Crippen LogP contribution in [0.5, 0.6) is 5.75 Å². The number of carbonyl (C=O) groups is 1. The highest BCUT2D eigenvalue weighted by molar-refractivity contribution is 6.00. The molecule has 0 amide bonds. The first-order valence-electron chi connectivity index (χ1n) is 4.23. The van der Waals surface area contributed by atoms with Crippen LogP contribution in [0.25, 0.3) is 0 Å². The quantitative estimate of drug-likeness (QED) is 0.717. The summed E-state index contributed by atoms with van der Waals surface area (Å²) in [5, 5.41) is 12.0. The van der Waals surface area contributed by atoms with Gasteiger partial charge in [0.15, 0.2) is 17.3 Å². The number of phenols is 1. The van der Waals surface area contributed by atoms with Crippen molar-refractivity contribution in [2.75, 3.05) is 13.6 Å². The van der Waals surface area contributed by atoms with Gasteiger partial charge < -0.3 is 10.4 Å². The molecule has 0 radical (unpaired) electrons. The second-order valence-electron chi connectivity index (χ2n) is 3.05. The Morgan fingerprint density at radius 1 is 1.57 bits per heavy atom. The van der Waals surface area contributed by atoms with Gasteiger partial charge in [0.1, 0.15) is 0 Å². The Hall–Kier alpha value is -1.42. The predicted octanol–water partition coefficient (Wildman–Crippen LogP) is 1.24. The average molecular weight is 197 g/mol. The van der Waals surface area contributed by atoms with Gasteiger partial charge in [-0.3, -0.25) is 4.79 Å². The van der Waals surface area contributed by atoms with E-state index in [1.54, 1.807) is 7.05 Å². The van der Waals surface area contributed by atoms with E-state index in [0.29, 0.717) is 5.56 Å². The molecule has 0 unspecified atom stereocenters. The van der Waals surface area contributed by atoms with Crippen molar-refractivity contribution in [3.8, 4) is 5.75 Å². The maximum absolute atomic E-state index is 13.2. The van der Waals surface area contributed by atoms with Crippen molar-refractivity contribution in [1.82, 2.24) is 5.32 Å². The van der Waals surface area contributed by atoms with Crippen LogP contribution in [0.1, 0.15) is 15.9 Å². The third kappa shape index (κ3) is 1.90. The highest BCUT2D eigenvalue weighted by atomic mass is 19.1. The maximum atomic E-state index is 13.2. The van der Waals surface area contributed by atoms with Gasteiger partial charge in [0, 0.05) is 0 Å². The molecule has 14 heavy (non-hydrogen) atoms. The van der Waals surface area contributed by atoms with Crippen molar-refractivity contribution in [1.29, 1.82) is 0 Å². The van der Waals surface area contributed by atoms with E-state index in [1.807, 2.05) is 0 Å². The van der Waals surface area contributed by atoms with E-state index in [4.69, 9.17) is 0 Å². The normalized spacial score (nSPS) is 10.2. The number of hydrogen-bond donors (Lipinski definition) is 2. The van der Waals surface area contributed by atoms with E-state index in [9.17, 15) is 14.3 Å². The van der Waals surface area contributed by atoms with Crippen molar-refractivity contribution >= 4 is 5.78 Å². The molecule has 0 saturated carbocycles. The Balaban J connectivity index is 3.11. The molecule has 4 heteroatoms. The molecule has 0 aliphatic rings. The summed E-state index contributed by atoms with van der Waals surface area (Å²) in [4.78, 5) is 11.3. The van der Waals surface area contributed by atoms with Crippen molar-refractivity contribution < 1.29 is 14.3 Å². The number of phenolic OH excluding ortho intramolecular Hbond substituents is 1. The molecule has 0 aliphatic heterocycles. The summed E-state index contributed by atoms with van der Waals surface area (Å²) in [5.74, 6) is -1.62. The van der Waals surface area contributed by atoms with E-state index in [0.717, 1.165) is 0 Å². The molecule has 0 aromatic heterocycles. The third-order valence-electron chi connectivity index (χ3n) is 1.95. The van der Waals surface area contributed by atoms with Gasteiger partial charge in [0.2, 0.25) is 0 Å². The van der Waals surface area contributed by atoms with E-state index in [-0.39, 0.29) is 17.9 Å². The Bertz CT molecular complexity index is 363. The van der Waals surface area contributed by atoms with Crippen LogP contribution in [-0.2, 0) is 0 Å². The zero-order valence-corrected chi connectivity index (χ0v) is 8.10. The number of ketones is 1. The zero-order valence-electron chi connectivity index (χ0n) is 8.10. The smallest absolute Gasteiger partial charge is 0.180 e. The van der Waals surface area contributed by atoms with Crippen LogP contribution in [0.2, 0.25) is 0 Å². The number of hydrogen-bond acceptors (Lipinski definition) is 3. The van der Waals surface area contributed by atoms with Crippen molar-refractivity contribution in [3.63, 3.8) is 0 Å². The molecular formula is C10H12FNO2. The first-order chi connectivity index (χ1) is 6.57. The molecule has 1 aromatic rings. The minimum absolute atomic E-state index is 0.0162. The summed E-state index contributed by atoms with van der Waals surface area (Å²) in [5.41, 5.74) is 0.339. The standard InChI is InChI=1S/C10H12FNO2/c1-6-3-4-7(8(13)5-12-2)10(14)9(6)11/h3-4,12,14H,5H2,1-2H3. The molecule has 76 valence electrons. The van der Waals surface area contributed by atoms with E-state index >= 15 is 0 Å². The van der Waals surface area contributed by atoms with Crippen LogP contribution in [0.15, 0.2) is 12.1 Å². The van der Waals surface area contributed by atoms with E-state index in [2.05, 4.69) is 5.32 Å². The summed E-state index contributed by atoms with van der Waals surface area (Å²) >= 11 is 0. The molecule has 3 nitrogen and oxygen atoms in total. The van der Waals surface area contributed by atoms with Gasteiger partial charge in [-0.15, -0.1) is 0 Å². The minimum Gasteiger partial charge on any atom is -0.504 e. The molecule has 0 fully saturated rings. The predicted molar refractivity (Wildman–Crippen MR) is 51.1 cm³/mol. The molecule has 2 N–H and O–H groups in total. The van der Waals surface area contributed by atoms with Crippen molar-refractivity contribution in [2.45, 2.75) is 6.92 Å². The van der Waals surface area contributed by atoms with Crippen LogP contribution < -0.4 is 5.32 Å². The number of nitrogens with one attached hydrogen (secondary N) is 1. The number of aromatic hydroxyl groups is 1. The minimum atomic E-state index is -0.730. The topological polar surface area (TPSA) is 49.3 Å². The number of halogens is 1. The number of Topliss-reactive ketones (excluding diaryl/α,β-unsaturated/α-hetero) is 1. The van der Waals surface area contributed by atoms with Crippen LogP contribution >= 0.6 is 0 Å². The van der Waals surface area contributed by atoms with Crippen LogP contribution in [0, 0.1) is 12.7 Å². The molecule has 1 rings (SSSR count). The summed E-state index contributed by atoms with van der Waals surface area (Å²) < 4.78 is 13.2. The summed E-state index contributed by atoms with van der Waals surface area (Å²) in [7, 11) is 1.61. The monoisotopic (exact) mass is 197 g/mol. The van der Waals surface area contributed by atoms with Crippen LogP contribution in [0.4, 0.5) is 4.39 Å². The molecule has 0 saturated heterocycles. The largest absolute Gasteiger partial charge is 0.504 e. The average Bonchev–Trinajstić information content (AvgIpc) is 2.15. The second-order valence-corrected chi connectivity index (χ2v) is 3.05. The second kappa shape index (κ2) is 4.19. The Labute approximate surface area is 81.6 Å². The fraction of sp³-hybridized carbons (Fsp3) is 0.300. The molecule has 0 bridgehead atoms. The molecule has 0 aliphatic carbocycles. The van der Waals surface area contributed by atoms with Gasteiger partial charge in [-0.25, -0.2) is 4.39 Å². The first-order valence-corrected chi connectivity index (χ1v) is 4.23. The lowest BCUT2D eigenvalue weighted by Gasteiger charge is -2.05. The van der Waals surface area contributed by atoms with E-state index in [1.165, 1.54) is 19.1 Å². The lowest BCUT2D eigenvalue weighted by atomic mass is 10.1. The summed E-state index contributed by atoms with van der Waals surface area (Å²) in [6, 6.07) is 2.89. The Morgan fingerprint density at radius 3 is 2.79 bits per heavy atom. The van der Waals surface area contributed by atoms with Gasteiger partial charge in [0.25, 0.3) is 0 Å². The zero-order chi connectivity index (χ0) is 10.7. The van der Waals surface area contributed by atoms with Gasteiger partial charge >= 0.3 is 0 Å². The van der Waals surface area contributed by atoms with Crippen LogP contribution in [-0.4, -0.2) is 24.5 Å². The molecular weight excluding hydrogens is 185 g/mol. The third-order valence-corrected chi connectivity index (χ3v) is 1.95.